The molecule has 1 aliphatic rings. The summed E-state index contributed by atoms with van der Waals surface area (Å²) < 4.78 is 1.94. The Bertz CT molecular complexity index is 1080. The average Bonchev–Trinajstić information content (AvgIpc) is 3.20. The van der Waals surface area contributed by atoms with Crippen molar-refractivity contribution in [3.8, 4) is 0 Å². The summed E-state index contributed by atoms with van der Waals surface area (Å²) in [4.78, 5) is 21.6. The van der Waals surface area contributed by atoms with Crippen LogP contribution in [-0.2, 0) is 17.8 Å². The molecule has 0 saturated carbocycles. The van der Waals surface area contributed by atoms with Crippen molar-refractivity contribution in [1.29, 1.82) is 0 Å². The molecule has 10 heteroatoms. The largest absolute Gasteiger partial charge is 0.357 e. The Hall–Kier alpha value is -2.40. The summed E-state index contributed by atoms with van der Waals surface area (Å²) in [7, 11) is 0. The van der Waals surface area contributed by atoms with Crippen molar-refractivity contribution in [2.24, 2.45) is 4.99 Å². The maximum atomic E-state index is 12.7. The number of amides is 1. The number of halogens is 2. The van der Waals surface area contributed by atoms with Crippen LogP contribution in [0.4, 0.5) is 0 Å². The number of aromatic nitrogens is 3. The molecule has 0 unspecified atom stereocenters. The molecule has 0 radical (unpaired) electrons. The quantitative estimate of drug-likeness (QED) is 0.292. The van der Waals surface area contributed by atoms with Gasteiger partial charge in [-0.1, -0.05) is 29.8 Å². The Labute approximate surface area is 209 Å². The summed E-state index contributed by atoms with van der Waals surface area (Å²) in [6, 6.07) is 13.3. The SMILES string of the molecule is CCNC(=NCc1nnc2ccccn12)N1CCN(C(=O)Cc2cccc(Cl)c2)CC1.I. The van der Waals surface area contributed by atoms with Gasteiger partial charge in [0.25, 0.3) is 0 Å². The number of guanidine groups is 1. The number of carbonyl (C=O) groups excluding carboxylic acids is 1. The van der Waals surface area contributed by atoms with E-state index in [1.54, 1.807) is 0 Å². The lowest BCUT2D eigenvalue weighted by atomic mass is 10.1. The Morgan fingerprint density at radius 2 is 1.88 bits per heavy atom. The van der Waals surface area contributed by atoms with Gasteiger partial charge < -0.3 is 15.1 Å². The van der Waals surface area contributed by atoms with Crippen molar-refractivity contribution < 1.29 is 4.79 Å². The third kappa shape index (κ3) is 5.89. The monoisotopic (exact) mass is 567 g/mol. The standard InChI is InChI=1S/C22H26ClN7O.HI/c1-2-24-22(25-16-20-27-26-19-8-3-4-9-30(19)20)29-12-10-28(11-13-29)21(31)15-17-6-5-7-18(23)14-17;/h3-9,14H,2,10-13,15-16H2,1H3,(H,24,25);1H. The molecule has 8 nitrogen and oxygen atoms in total. The number of rotatable bonds is 5. The summed E-state index contributed by atoms with van der Waals surface area (Å²) in [6.07, 6.45) is 2.31. The predicted octanol–water partition coefficient (Wildman–Crippen LogP) is 2.85. The zero-order valence-corrected chi connectivity index (χ0v) is 21.0. The van der Waals surface area contributed by atoms with Crippen molar-refractivity contribution in [3.63, 3.8) is 0 Å². The van der Waals surface area contributed by atoms with Gasteiger partial charge in [0.2, 0.25) is 5.91 Å². The van der Waals surface area contributed by atoms with E-state index in [0.29, 0.717) is 31.1 Å². The molecule has 1 amide bonds. The van der Waals surface area contributed by atoms with Gasteiger partial charge in [-0.2, -0.15) is 0 Å². The molecular formula is C22H27ClIN7O. The van der Waals surface area contributed by atoms with Crippen molar-refractivity contribution in [1.82, 2.24) is 29.7 Å². The molecule has 3 heterocycles. The summed E-state index contributed by atoms with van der Waals surface area (Å²) in [6.45, 7) is 6.04. The van der Waals surface area contributed by atoms with E-state index in [4.69, 9.17) is 16.6 Å². The van der Waals surface area contributed by atoms with E-state index >= 15 is 0 Å². The number of hydrogen-bond donors (Lipinski definition) is 1. The number of pyridine rings is 1. The summed E-state index contributed by atoms with van der Waals surface area (Å²) >= 11 is 6.04. The zero-order valence-electron chi connectivity index (χ0n) is 17.9. The highest BCUT2D eigenvalue weighted by Crippen LogP contribution is 2.13. The first-order chi connectivity index (χ1) is 15.1. The number of hydrogen-bond acceptors (Lipinski definition) is 4. The van der Waals surface area contributed by atoms with Crippen molar-refractivity contribution in [3.05, 3.63) is 65.1 Å². The van der Waals surface area contributed by atoms with E-state index in [1.165, 1.54) is 0 Å². The Morgan fingerprint density at radius 1 is 1.09 bits per heavy atom. The van der Waals surface area contributed by atoms with Gasteiger partial charge >= 0.3 is 0 Å². The normalized spacial score (nSPS) is 14.4. The number of piperazine rings is 1. The number of nitrogens with one attached hydrogen (secondary N) is 1. The van der Waals surface area contributed by atoms with Gasteiger partial charge in [0.1, 0.15) is 6.54 Å². The van der Waals surface area contributed by atoms with E-state index in [9.17, 15) is 4.79 Å². The summed E-state index contributed by atoms with van der Waals surface area (Å²) in [5, 5.41) is 12.4. The van der Waals surface area contributed by atoms with Crippen LogP contribution in [0, 0.1) is 0 Å². The van der Waals surface area contributed by atoms with Crippen LogP contribution in [0.15, 0.2) is 53.7 Å². The van der Waals surface area contributed by atoms with E-state index in [-0.39, 0.29) is 29.9 Å². The summed E-state index contributed by atoms with van der Waals surface area (Å²) in [5.74, 6) is 1.75. The molecule has 0 bridgehead atoms. The van der Waals surface area contributed by atoms with Gasteiger partial charge in [-0.15, -0.1) is 34.2 Å². The van der Waals surface area contributed by atoms with Gasteiger partial charge in [-0.3, -0.25) is 9.20 Å². The molecule has 3 aromatic rings. The first-order valence-corrected chi connectivity index (χ1v) is 10.9. The smallest absolute Gasteiger partial charge is 0.227 e. The van der Waals surface area contributed by atoms with Crippen LogP contribution in [0.3, 0.4) is 0 Å². The fourth-order valence-corrected chi connectivity index (χ4v) is 3.88. The second-order valence-electron chi connectivity index (χ2n) is 7.39. The number of aliphatic imine (C=N–C) groups is 1. The molecule has 0 spiro atoms. The zero-order chi connectivity index (χ0) is 21.6. The molecule has 0 atom stereocenters. The maximum absolute atomic E-state index is 12.7. The molecule has 0 aliphatic carbocycles. The summed E-state index contributed by atoms with van der Waals surface area (Å²) in [5.41, 5.74) is 1.75. The average molecular weight is 568 g/mol. The fraction of sp³-hybridized carbons (Fsp3) is 0.364. The lowest BCUT2D eigenvalue weighted by molar-refractivity contribution is -0.131. The minimum Gasteiger partial charge on any atom is -0.357 e. The van der Waals surface area contributed by atoms with Crippen molar-refractivity contribution in [2.45, 2.75) is 19.9 Å². The molecular weight excluding hydrogens is 541 g/mol. The molecule has 2 aromatic heterocycles. The van der Waals surface area contributed by atoms with Gasteiger partial charge in [0, 0.05) is 43.9 Å². The maximum Gasteiger partial charge on any atom is 0.227 e. The van der Waals surface area contributed by atoms with Gasteiger partial charge in [-0.25, -0.2) is 4.99 Å². The van der Waals surface area contributed by atoms with Crippen molar-refractivity contribution >= 4 is 53.1 Å². The first-order valence-electron chi connectivity index (χ1n) is 10.5. The third-order valence-electron chi connectivity index (χ3n) is 5.27. The van der Waals surface area contributed by atoms with Crippen LogP contribution in [-0.4, -0.2) is 69.0 Å². The van der Waals surface area contributed by atoms with Crippen LogP contribution in [0.1, 0.15) is 18.3 Å². The molecule has 1 aromatic carbocycles. The first kappa shape index (κ1) is 24.2. The molecule has 4 rings (SSSR count). The lowest BCUT2D eigenvalue weighted by Gasteiger charge is -2.36. The van der Waals surface area contributed by atoms with Gasteiger partial charge in [-0.05, 0) is 36.8 Å². The topological polar surface area (TPSA) is 78.1 Å². The second kappa shape index (κ2) is 11.5. The highest BCUT2D eigenvalue weighted by Gasteiger charge is 2.23. The van der Waals surface area contributed by atoms with Crippen molar-refractivity contribution in [2.75, 3.05) is 32.7 Å². The number of benzene rings is 1. The van der Waals surface area contributed by atoms with Crippen LogP contribution >= 0.6 is 35.6 Å². The van der Waals surface area contributed by atoms with Gasteiger partial charge in [0.05, 0.1) is 6.42 Å². The molecule has 1 saturated heterocycles. The predicted molar refractivity (Wildman–Crippen MR) is 137 cm³/mol. The Morgan fingerprint density at radius 3 is 2.62 bits per heavy atom. The highest BCUT2D eigenvalue weighted by atomic mass is 127. The van der Waals surface area contributed by atoms with Crippen LogP contribution in [0.25, 0.3) is 5.65 Å². The number of nitrogens with zero attached hydrogens (tertiary/aromatic N) is 6. The number of fused-ring (bicyclic) bond motifs is 1. The molecule has 32 heavy (non-hydrogen) atoms. The fourth-order valence-electron chi connectivity index (χ4n) is 3.67. The highest BCUT2D eigenvalue weighted by molar-refractivity contribution is 14.0. The molecule has 1 N–H and O–H groups in total. The van der Waals surface area contributed by atoms with Gasteiger partial charge in [0.15, 0.2) is 17.4 Å². The molecule has 170 valence electrons. The molecule has 1 aliphatic heterocycles. The Balaban J connectivity index is 0.00000289. The van der Waals surface area contributed by atoms with E-state index in [0.717, 1.165) is 42.6 Å². The minimum atomic E-state index is 0. The second-order valence-corrected chi connectivity index (χ2v) is 7.83. The minimum absolute atomic E-state index is 0. The van der Waals surface area contributed by atoms with E-state index < -0.39 is 0 Å². The van der Waals surface area contributed by atoms with Crippen LogP contribution in [0.2, 0.25) is 5.02 Å². The third-order valence-corrected chi connectivity index (χ3v) is 5.50. The van der Waals surface area contributed by atoms with E-state index in [2.05, 4.69) is 20.4 Å². The number of carbonyl (C=O) groups is 1. The molecule has 1 fully saturated rings. The van der Waals surface area contributed by atoms with Crippen LogP contribution < -0.4 is 5.32 Å². The lowest BCUT2D eigenvalue weighted by Crippen LogP contribution is -2.54. The van der Waals surface area contributed by atoms with E-state index in [1.807, 2.05) is 64.9 Å². The Kier molecular flexibility index (Phi) is 8.68. The van der Waals surface area contributed by atoms with Crippen LogP contribution in [0.5, 0.6) is 0 Å².